The summed E-state index contributed by atoms with van der Waals surface area (Å²) in [6.45, 7) is -0.694. The summed E-state index contributed by atoms with van der Waals surface area (Å²) in [5.41, 5.74) is -0.250. The molecular weight excluding hydrogens is 186 g/mol. The molecule has 0 radical (unpaired) electrons. The molecule has 0 fully saturated rings. The summed E-state index contributed by atoms with van der Waals surface area (Å²) in [5.74, 6) is -1.42. The minimum Gasteiger partial charge on any atom is -0.377 e. The van der Waals surface area contributed by atoms with Crippen LogP contribution in [0.15, 0.2) is 18.2 Å². The van der Waals surface area contributed by atoms with Crippen LogP contribution in [0.25, 0.3) is 0 Å². The minimum absolute atomic E-state index is 0.250. The van der Waals surface area contributed by atoms with Crippen LogP contribution in [0, 0.1) is 11.6 Å². The predicted molar refractivity (Wildman–Crippen MR) is 40.9 cm³/mol. The molecule has 1 rings (SSSR count). The molecule has 1 aromatic carbocycles. The third kappa shape index (κ3) is 2.93. The van der Waals surface area contributed by atoms with E-state index in [1.807, 2.05) is 0 Å². The van der Waals surface area contributed by atoms with Crippen molar-refractivity contribution in [3.63, 3.8) is 0 Å². The SMILES string of the molecule is Fc1ccc(F)c(NCC(F)F)c1. The Morgan fingerprint density at radius 2 is 1.92 bits per heavy atom. The molecule has 1 aromatic rings. The molecule has 5 heteroatoms. The van der Waals surface area contributed by atoms with Crippen molar-refractivity contribution in [3.8, 4) is 0 Å². The first-order chi connectivity index (χ1) is 6.09. The Balaban J connectivity index is 2.70. The zero-order valence-electron chi connectivity index (χ0n) is 6.53. The second-order valence-electron chi connectivity index (χ2n) is 2.40. The Hall–Kier alpha value is -1.26. The highest BCUT2D eigenvalue weighted by Crippen LogP contribution is 2.15. The summed E-state index contributed by atoms with van der Waals surface area (Å²) in [7, 11) is 0. The van der Waals surface area contributed by atoms with Crippen LogP contribution in [-0.4, -0.2) is 13.0 Å². The zero-order chi connectivity index (χ0) is 9.84. The smallest absolute Gasteiger partial charge is 0.255 e. The van der Waals surface area contributed by atoms with Gasteiger partial charge in [0.25, 0.3) is 6.43 Å². The van der Waals surface area contributed by atoms with Crippen molar-refractivity contribution in [2.24, 2.45) is 0 Å². The highest BCUT2D eigenvalue weighted by atomic mass is 19.3. The lowest BCUT2D eigenvalue weighted by Gasteiger charge is -2.06. The molecule has 1 nitrogen and oxygen atoms in total. The molecule has 0 aromatic heterocycles. The molecular formula is C8H7F4N. The van der Waals surface area contributed by atoms with Gasteiger partial charge < -0.3 is 5.32 Å². The van der Waals surface area contributed by atoms with Gasteiger partial charge in [-0.15, -0.1) is 0 Å². The maximum atomic E-state index is 12.7. The Bertz CT molecular complexity index is 287. The minimum atomic E-state index is -2.59. The Kier molecular flexibility index (Phi) is 3.11. The quantitative estimate of drug-likeness (QED) is 0.727. The van der Waals surface area contributed by atoms with E-state index in [2.05, 4.69) is 5.32 Å². The molecule has 0 amide bonds. The van der Waals surface area contributed by atoms with Crippen LogP contribution in [0.2, 0.25) is 0 Å². The molecule has 1 N–H and O–H groups in total. The lowest BCUT2D eigenvalue weighted by molar-refractivity contribution is 0.163. The number of anilines is 1. The fraction of sp³-hybridized carbons (Fsp3) is 0.250. The van der Waals surface area contributed by atoms with E-state index >= 15 is 0 Å². The topological polar surface area (TPSA) is 12.0 Å². The molecule has 0 saturated heterocycles. The molecule has 0 aliphatic heterocycles. The van der Waals surface area contributed by atoms with Gasteiger partial charge in [0, 0.05) is 0 Å². The third-order valence-corrected chi connectivity index (χ3v) is 1.38. The maximum Gasteiger partial charge on any atom is 0.255 e. The summed E-state index contributed by atoms with van der Waals surface area (Å²) in [5, 5.41) is 2.09. The largest absolute Gasteiger partial charge is 0.377 e. The van der Waals surface area contributed by atoms with Gasteiger partial charge in [0.2, 0.25) is 0 Å². The molecule has 0 bridgehead atoms. The van der Waals surface area contributed by atoms with Crippen LogP contribution in [0.3, 0.4) is 0 Å². The van der Waals surface area contributed by atoms with Gasteiger partial charge in [-0.3, -0.25) is 0 Å². The first-order valence-corrected chi connectivity index (χ1v) is 3.56. The molecule has 0 unspecified atom stereocenters. The van der Waals surface area contributed by atoms with Crippen LogP contribution in [0.5, 0.6) is 0 Å². The number of benzene rings is 1. The monoisotopic (exact) mass is 193 g/mol. The predicted octanol–water partition coefficient (Wildman–Crippen LogP) is 2.64. The highest BCUT2D eigenvalue weighted by molar-refractivity contribution is 5.44. The lowest BCUT2D eigenvalue weighted by atomic mass is 10.3. The molecule has 0 heterocycles. The second-order valence-corrected chi connectivity index (χ2v) is 2.40. The van der Waals surface area contributed by atoms with Gasteiger partial charge >= 0.3 is 0 Å². The van der Waals surface area contributed by atoms with Gasteiger partial charge in [-0.25, -0.2) is 17.6 Å². The van der Waals surface area contributed by atoms with E-state index in [9.17, 15) is 17.6 Å². The standard InChI is InChI=1S/C8H7F4N/c9-5-1-2-6(10)7(3-5)13-4-8(11)12/h1-3,8,13H,4H2. The summed E-state index contributed by atoms with van der Waals surface area (Å²) >= 11 is 0. The average molecular weight is 193 g/mol. The number of alkyl halides is 2. The van der Waals surface area contributed by atoms with Crippen molar-refractivity contribution in [1.82, 2.24) is 0 Å². The van der Waals surface area contributed by atoms with Crippen molar-refractivity contribution < 1.29 is 17.6 Å². The molecule has 0 aliphatic carbocycles. The first-order valence-electron chi connectivity index (χ1n) is 3.56. The van der Waals surface area contributed by atoms with Gasteiger partial charge in [-0.1, -0.05) is 0 Å². The maximum absolute atomic E-state index is 12.7. The second kappa shape index (κ2) is 4.11. The zero-order valence-corrected chi connectivity index (χ0v) is 6.53. The van der Waals surface area contributed by atoms with Crippen molar-refractivity contribution in [2.45, 2.75) is 6.43 Å². The van der Waals surface area contributed by atoms with Crippen LogP contribution in [0.1, 0.15) is 0 Å². The van der Waals surface area contributed by atoms with Gasteiger partial charge in [0.05, 0.1) is 12.2 Å². The highest BCUT2D eigenvalue weighted by Gasteiger charge is 2.06. The lowest BCUT2D eigenvalue weighted by Crippen LogP contribution is -2.11. The summed E-state index contributed by atoms with van der Waals surface area (Å²) in [6, 6.07) is 2.63. The van der Waals surface area contributed by atoms with Crippen molar-refractivity contribution >= 4 is 5.69 Å². The van der Waals surface area contributed by atoms with E-state index in [4.69, 9.17) is 0 Å². The van der Waals surface area contributed by atoms with E-state index in [1.54, 1.807) is 0 Å². The number of nitrogens with one attached hydrogen (secondary N) is 1. The van der Waals surface area contributed by atoms with E-state index in [-0.39, 0.29) is 5.69 Å². The fourth-order valence-corrected chi connectivity index (χ4v) is 0.820. The molecule has 0 saturated carbocycles. The van der Waals surface area contributed by atoms with Crippen LogP contribution in [0.4, 0.5) is 23.2 Å². The van der Waals surface area contributed by atoms with Crippen molar-refractivity contribution in [3.05, 3.63) is 29.8 Å². The Morgan fingerprint density at radius 1 is 1.23 bits per heavy atom. The summed E-state index contributed by atoms with van der Waals surface area (Å²) in [4.78, 5) is 0. The number of hydrogen-bond acceptors (Lipinski definition) is 1. The van der Waals surface area contributed by atoms with Crippen LogP contribution in [-0.2, 0) is 0 Å². The van der Waals surface area contributed by atoms with Crippen LogP contribution >= 0.6 is 0 Å². The Morgan fingerprint density at radius 3 is 2.54 bits per heavy atom. The normalized spacial score (nSPS) is 10.5. The van der Waals surface area contributed by atoms with E-state index in [0.717, 1.165) is 18.2 Å². The Labute approximate surface area is 72.4 Å². The number of hydrogen-bond donors (Lipinski definition) is 1. The van der Waals surface area contributed by atoms with Gasteiger partial charge in [0.15, 0.2) is 0 Å². The van der Waals surface area contributed by atoms with Gasteiger partial charge in [0.1, 0.15) is 11.6 Å². The molecule has 0 atom stereocenters. The fourth-order valence-electron chi connectivity index (χ4n) is 0.820. The molecule has 0 spiro atoms. The van der Waals surface area contributed by atoms with Crippen LogP contribution < -0.4 is 5.32 Å². The van der Waals surface area contributed by atoms with Gasteiger partial charge in [-0.2, -0.15) is 0 Å². The summed E-state index contributed by atoms with van der Waals surface area (Å²) in [6.07, 6.45) is -2.59. The molecule has 13 heavy (non-hydrogen) atoms. The van der Waals surface area contributed by atoms with E-state index in [1.165, 1.54) is 0 Å². The van der Waals surface area contributed by atoms with Gasteiger partial charge in [-0.05, 0) is 18.2 Å². The van der Waals surface area contributed by atoms with E-state index in [0.29, 0.717) is 0 Å². The number of rotatable bonds is 3. The van der Waals surface area contributed by atoms with Crippen molar-refractivity contribution in [2.75, 3.05) is 11.9 Å². The average Bonchev–Trinajstić information content (AvgIpc) is 2.06. The molecule has 72 valence electrons. The van der Waals surface area contributed by atoms with E-state index < -0.39 is 24.6 Å². The number of halogens is 4. The molecule has 0 aliphatic rings. The van der Waals surface area contributed by atoms with Crippen molar-refractivity contribution in [1.29, 1.82) is 0 Å². The summed E-state index contributed by atoms with van der Waals surface area (Å²) < 4.78 is 48.6. The third-order valence-electron chi connectivity index (χ3n) is 1.38. The first kappa shape index (κ1) is 9.83.